The molecule has 96 valence electrons. The second kappa shape index (κ2) is 5.16. The highest BCUT2D eigenvalue weighted by Gasteiger charge is 2.11. The summed E-state index contributed by atoms with van der Waals surface area (Å²) in [6, 6.07) is 0. The van der Waals surface area contributed by atoms with Crippen molar-refractivity contribution in [2.45, 2.75) is 33.7 Å². The van der Waals surface area contributed by atoms with E-state index in [4.69, 9.17) is 0 Å². The zero-order chi connectivity index (χ0) is 13.1. The largest absolute Gasteiger partial charge is 0.373 e. The Balaban J connectivity index is 2.50. The molecule has 2 aromatic heterocycles. The summed E-state index contributed by atoms with van der Waals surface area (Å²) in [7, 11) is 1.88. The molecule has 1 N–H and O–H groups in total. The molecule has 5 heteroatoms. The average Bonchev–Trinajstić information content (AvgIpc) is 2.88. The Morgan fingerprint density at radius 1 is 1.28 bits per heavy atom. The van der Waals surface area contributed by atoms with Gasteiger partial charge in [-0.25, -0.2) is 9.97 Å². The molecule has 2 aromatic rings. The molecule has 0 saturated heterocycles. The van der Waals surface area contributed by atoms with Crippen molar-refractivity contribution in [1.29, 1.82) is 0 Å². The minimum absolute atomic E-state index is 0.738. The van der Waals surface area contributed by atoms with E-state index in [0.29, 0.717) is 0 Å². The van der Waals surface area contributed by atoms with Gasteiger partial charge in [0.1, 0.15) is 5.82 Å². The van der Waals surface area contributed by atoms with Gasteiger partial charge in [0.25, 0.3) is 0 Å². The molecule has 0 radical (unpaired) electrons. The second-order valence-electron chi connectivity index (χ2n) is 4.16. The van der Waals surface area contributed by atoms with Gasteiger partial charge in [-0.3, -0.25) is 4.68 Å². The molecule has 0 saturated carbocycles. The summed E-state index contributed by atoms with van der Waals surface area (Å²) in [6.45, 7) is 7.06. The van der Waals surface area contributed by atoms with Gasteiger partial charge in [0.15, 0.2) is 5.82 Å². The van der Waals surface area contributed by atoms with Crippen molar-refractivity contribution in [2.75, 3.05) is 12.4 Å². The third-order valence-electron chi connectivity index (χ3n) is 3.03. The summed E-state index contributed by atoms with van der Waals surface area (Å²) in [5.41, 5.74) is 3.16. The van der Waals surface area contributed by atoms with Crippen LogP contribution in [0.1, 0.15) is 25.1 Å². The first-order chi connectivity index (χ1) is 8.69. The van der Waals surface area contributed by atoms with Crippen molar-refractivity contribution < 1.29 is 0 Å². The third kappa shape index (κ3) is 2.20. The molecular weight excluding hydrogens is 226 g/mol. The summed E-state index contributed by atoms with van der Waals surface area (Å²) in [5, 5.41) is 7.38. The second-order valence-corrected chi connectivity index (χ2v) is 4.16. The lowest BCUT2D eigenvalue weighted by Gasteiger charge is -2.10. The van der Waals surface area contributed by atoms with Gasteiger partial charge in [-0.05, 0) is 20.3 Å². The summed E-state index contributed by atoms with van der Waals surface area (Å²) in [6.07, 6.45) is 4.69. The molecule has 0 spiro atoms. The van der Waals surface area contributed by atoms with E-state index in [0.717, 1.165) is 41.4 Å². The summed E-state index contributed by atoms with van der Waals surface area (Å²) < 4.78 is 1.88. The Morgan fingerprint density at radius 3 is 2.61 bits per heavy atom. The van der Waals surface area contributed by atoms with Gasteiger partial charge < -0.3 is 5.32 Å². The maximum absolute atomic E-state index is 4.61. The first-order valence-electron chi connectivity index (χ1n) is 6.27. The first-order valence-corrected chi connectivity index (χ1v) is 6.27. The number of anilines is 1. The standard InChI is InChI=1S/C13H19N5/c1-5-11-9(3)12(14-4)17-13(16-11)10-7-15-18(6-2)8-10/h7-8H,5-6H2,1-4H3,(H,14,16,17). The Bertz CT molecular complexity index is 519. The minimum atomic E-state index is 0.738. The molecule has 0 aliphatic rings. The van der Waals surface area contributed by atoms with Crippen LogP contribution in [-0.2, 0) is 13.0 Å². The summed E-state index contributed by atoms with van der Waals surface area (Å²) in [4.78, 5) is 9.15. The molecule has 2 heterocycles. The molecule has 0 aliphatic carbocycles. The van der Waals surface area contributed by atoms with Crippen molar-refractivity contribution in [3.05, 3.63) is 23.7 Å². The Morgan fingerprint density at radius 2 is 2.06 bits per heavy atom. The van der Waals surface area contributed by atoms with Crippen LogP contribution >= 0.6 is 0 Å². The fraction of sp³-hybridized carbons (Fsp3) is 0.462. The average molecular weight is 245 g/mol. The molecule has 18 heavy (non-hydrogen) atoms. The molecule has 5 nitrogen and oxygen atoms in total. The van der Waals surface area contributed by atoms with E-state index in [1.54, 1.807) is 0 Å². The molecule has 0 amide bonds. The maximum Gasteiger partial charge on any atom is 0.164 e. The molecule has 2 rings (SSSR count). The topological polar surface area (TPSA) is 55.6 Å². The lowest BCUT2D eigenvalue weighted by Crippen LogP contribution is -2.04. The van der Waals surface area contributed by atoms with Gasteiger partial charge in [0.05, 0.1) is 11.8 Å². The van der Waals surface area contributed by atoms with Crippen LogP contribution in [0, 0.1) is 6.92 Å². The van der Waals surface area contributed by atoms with Crippen LogP contribution in [0.3, 0.4) is 0 Å². The smallest absolute Gasteiger partial charge is 0.164 e. The third-order valence-corrected chi connectivity index (χ3v) is 3.03. The number of rotatable bonds is 4. The molecular formula is C13H19N5. The molecule has 0 atom stereocenters. The van der Waals surface area contributed by atoms with Gasteiger partial charge in [-0.2, -0.15) is 5.10 Å². The van der Waals surface area contributed by atoms with E-state index in [1.165, 1.54) is 0 Å². The van der Waals surface area contributed by atoms with Crippen molar-refractivity contribution in [1.82, 2.24) is 19.7 Å². The highest BCUT2D eigenvalue weighted by atomic mass is 15.3. The molecule has 0 bridgehead atoms. The molecule has 0 unspecified atom stereocenters. The van der Waals surface area contributed by atoms with E-state index in [9.17, 15) is 0 Å². The predicted octanol–water partition coefficient (Wildman–Crippen LogP) is 2.27. The van der Waals surface area contributed by atoms with Gasteiger partial charge in [-0.1, -0.05) is 6.92 Å². The van der Waals surface area contributed by atoms with E-state index >= 15 is 0 Å². The van der Waals surface area contributed by atoms with Crippen LogP contribution in [0.4, 0.5) is 5.82 Å². The fourth-order valence-corrected chi connectivity index (χ4v) is 1.93. The minimum Gasteiger partial charge on any atom is -0.373 e. The Labute approximate surface area is 107 Å². The van der Waals surface area contributed by atoms with Crippen molar-refractivity contribution in [2.24, 2.45) is 0 Å². The van der Waals surface area contributed by atoms with E-state index in [2.05, 4.69) is 34.2 Å². The zero-order valence-corrected chi connectivity index (χ0v) is 11.4. The number of aromatic nitrogens is 4. The van der Waals surface area contributed by atoms with Crippen molar-refractivity contribution >= 4 is 5.82 Å². The number of hydrogen-bond donors (Lipinski definition) is 1. The SMILES string of the molecule is CCc1nc(-c2cnn(CC)c2)nc(NC)c1C. The van der Waals surface area contributed by atoms with Crippen LogP contribution in [0.15, 0.2) is 12.4 Å². The van der Waals surface area contributed by atoms with Gasteiger partial charge >= 0.3 is 0 Å². The van der Waals surface area contributed by atoms with Crippen LogP contribution in [0.2, 0.25) is 0 Å². The Kier molecular flexibility index (Phi) is 3.60. The normalized spacial score (nSPS) is 10.7. The highest BCUT2D eigenvalue weighted by Crippen LogP contribution is 2.21. The van der Waals surface area contributed by atoms with Crippen LogP contribution in [-0.4, -0.2) is 26.8 Å². The van der Waals surface area contributed by atoms with Gasteiger partial charge in [-0.15, -0.1) is 0 Å². The molecule has 0 aromatic carbocycles. The number of aryl methyl sites for hydroxylation is 2. The zero-order valence-electron chi connectivity index (χ0n) is 11.4. The predicted molar refractivity (Wildman–Crippen MR) is 72.6 cm³/mol. The number of nitrogens with zero attached hydrogens (tertiary/aromatic N) is 4. The van der Waals surface area contributed by atoms with Gasteiger partial charge in [0.2, 0.25) is 0 Å². The first kappa shape index (κ1) is 12.5. The highest BCUT2D eigenvalue weighted by molar-refractivity contribution is 5.58. The lowest BCUT2D eigenvalue weighted by atomic mass is 10.2. The van der Waals surface area contributed by atoms with E-state index in [-0.39, 0.29) is 0 Å². The molecule has 0 aliphatic heterocycles. The van der Waals surface area contributed by atoms with Gasteiger partial charge in [0, 0.05) is 31.0 Å². The van der Waals surface area contributed by atoms with Crippen molar-refractivity contribution in [3.8, 4) is 11.4 Å². The van der Waals surface area contributed by atoms with E-state index < -0.39 is 0 Å². The Hall–Kier alpha value is -1.91. The quantitative estimate of drug-likeness (QED) is 0.897. The van der Waals surface area contributed by atoms with E-state index in [1.807, 2.05) is 31.0 Å². The number of hydrogen-bond acceptors (Lipinski definition) is 4. The lowest BCUT2D eigenvalue weighted by molar-refractivity contribution is 0.660. The monoisotopic (exact) mass is 245 g/mol. The summed E-state index contributed by atoms with van der Waals surface area (Å²) >= 11 is 0. The molecule has 0 fully saturated rings. The van der Waals surface area contributed by atoms with Crippen LogP contribution in [0.25, 0.3) is 11.4 Å². The van der Waals surface area contributed by atoms with Crippen LogP contribution in [0.5, 0.6) is 0 Å². The maximum atomic E-state index is 4.61. The summed E-state index contributed by atoms with van der Waals surface area (Å²) in [5.74, 6) is 1.63. The van der Waals surface area contributed by atoms with Crippen LogP contribution < -0.4 is 5.32 Å². The fourth-order valence-electron chi connectivity index (χ4n) is 1.93. The van der Waals surface area contributed by atoms with Crippen molar-refractivity contribution in [3.63, 3.8) is 0 Å². The number of nitrogens with one attached hydrogen (secondary N) is 1.